The van der Waals surface area contributed by atoms with Gasteiger partial charge in [0.2, 0.25) is 15.9 Å². The number of nitrogens with zero attached hydrogens (tertiary/aromatic N) is 5. The highest BCUT2D eigenvalue weighted by Gasteiger charge is 2.62. The predicted molar refractivity (Wildman–Crippen MR) is 85.7 cm³/mol. The van der Waals surface area contributed by atoms with Gasteiger partial charge in [-0.05, 0) is 12.8 Å². The lowest BCUT2D eigenvalue weighted by Gasteiger charge is -2.37. The molecule has 27 heavy (non-hydrogen) atoms. The van der Waals surface area contributed by atoms with Crippen LogP contribution in [0.2, 0.25) is 0 Å². The van der Waals surface area contributed by atoms with Crippen LogP contribution in [-0.2, 0) is 21.9 Å². The summed E-state index contributed by atoms with van der Waals surface area (Å²) in [6.07, 6.45) is -2.20. The number of alkyl halides is 3. The molecule has 150 valence electrons. The fourth-order valence-corrected chi connectivity index (χ4v) is 4.63. The number of amides is 1. The first-order valence-electron chi connectivity index (χ1n) is 8.11. The summed E-state index contributed by atoms with van der Waals surface area (Å²) in [5.74, 6) is -2.11. The molecule has 0 unspecified atom stereocenters. The Bertz CT molecular complexity index is 868. The molecule has 0 radical (unpaired) electrons. The molecule has 1 N–H and O–H groups in total. The van der Waals surface area contributed by atoms with Crippen LogP contribution in [0.1, 0.15) is 19.3 Å². The van der Waals surface area contributed by atoms with Gasteiger partial charge in [0, 0.05) is 39.0 Å². The second kappa shape index (κ2) is 6.56. The van der Waals surface area contributed by atoms with E-state index in [1.807, 2.05) is 0 Å². The number of aryl methyl sites for hydroxylation is 1. The summed E-state index contributed by atoms with van der Waals surface area (Å²) in [5, 5.41) is 17.1. The van der Waals surface area contributed by atoms with Gasteiger partial charge in [0.15, 0.2) is 0 Å². The molecular formula is C14H18F3N5O4S. The van der Waals surface area contributed by atoms with Crippen molar-refractivity contribution in [2.75, 3.05) is 13.1 Å². The fraction of sp³-hybridized carbons (Fsp3) is 0.643. The first-order chi connectivity index (χ1) is 12.5. The minimum Gasteiger partial charge on any atom is -0.362 e. The van der Waals surface area contributed by atoms with Crippen LogP contribution in [0, 0.1) is 5.92 Å². The van der Waals surface area contributed by atoms with E-state index < -0.39 is 40.2 Å². The Morgan fingerprint density at radius 1 is 1.41 bits per heavy atom. The molecule has 1 saturated heterocycles. The molecule has 2 aliphatic rings. The Morgan fingerprint density at radius 3 is 2.70 bits per heavy atom. The van der Waals surface area contributed by atoms with Gasteiger partial charge < -0.3 is 5.11 Å². The van der Waals surface area contributed by atoms with Crippen molar-refractivity contribution in [1.29, 1.82) is 0 Å². The second-order valence-corrected chi connectivity index (χ2v) is 8.46. The monoisotopic (exact) mass is 409 g/mol. The molecule has 1 fully saturated rings. The average Bonchev–Trinajstić information content (AvgIpc) is 3.21. The highest BCUT2D eigenvalue weighted by Crippen LogP contribution is 2.40. The topological polar surface area (TPSA) is 108 Å². The van der Waals surface area contributed by atoms with Crippen LogP contribution in [0.25, 0.3) is 0 Å². The van der Waals surface area contributed by atoms with Crippen molar-refractivity contribution in [3.05, 3.63) is 12.4 Å². The third kappa shape index (κ3) is 3.34. The Labute approximate surface area is 153 Å². The summed E-state index contributed by atoms with van der Waals surface area (Å²) in [7, 11) is -2.39. The maximum absolute atomic E-state index is 13.2. The summed E-state index contributed by atoms with van der Waals surface area (Å²) >= 11 is 0. The van der Waals surface area contributed by atoms with Crippen LogP contribution in [-0.4, -0.2) is 69.7 Å². The Morgan fingerprint density at radius 2 is 2.11 bits per heavy atom. The highest BCUT2D eigenvalue weighted by atomic mass is 32.2. The van der Waals surface area contributed by atoms with Gasteiger partial charge in [0.25, 0.3) is 5.72 Å². The van der Waals surface area contributed by atoms with Crippen LogP contribution in [0.15, 0.2) is 22.4 Å². The molecule has 3 rings (SSSR count). The first-order valence-corrected chi connectivity index (χ1v) is 9.55. The number of rotatable bonds is 3. The van der Waals surface area contributed by atoms with Crippen molar-refractivity contribution in [2.45, 2.75) is 36.1 Å². The lowest BCUT2D eigenvalue weighted by molar-refractivity contribution is -0.303. The molecule has 2 atom stereocenters. The van der Waals surface area contributed by atoms with Crippen molar-refractivity contribution in [1.82, 2.24) is 19.1 Å². The Balaban J connectivity index is 1.80. The number of carbonyl (C=O) groups excluding carboxylic acids is 1. The van der Waals surface area contributed by atoms with Crippen molar-refractivity contribution in [3.63, 3.8) is 0 Å². The molecule has 0 saturated carbocycles. The number of hydrazone groups is 1. The minimum absolute atomic E-state index is 0.0257. The number of aromatic nitrogens is 2. The highest BCUT2D eigenvalue weighted by molar-refractivity contribution is 7.89. The third-order valence-electron chi connectivity index (χ3n) is 4.64. The number of sulfonamides is 1. The van der Waals surface area contributed by atoms with E-state index in [9.17, 15) is 31.5 Å². The molecule has 1 aromatic rings. The zero-order chi connectivity index (χ0) is 20.0. The van der Waals surface area contributed by atoms with Gasteiger partial charge in [-0.1, -0.05) is 0 Å². The number of hydrogen-bond donors (Lipinski definition) is 1. The number of carbonyl (C=O) groups is 1. The van der Waals surface area contributed by atoms with Crippen molar-refractivity contribution < 1.29 is 31.5 Å². The SMILES string of the molecule is Cn1cc(S(=O)(=O)N2CCC[C@H](C(=O)N3N=CC[C@@]3(O)C(F)(F)F)C2)cn1. The maximum atomic E-state index is 13.2. The van der Waals surface area contributed by atoms with Crippen molar-refractivity contribution in [2.24, 2.45) is 18.1 Å². The Kier molecular flexibility index (Phi) is 4.80. The van der Waals surface area contributed by atoms with Crippen LogP contribution in [0.5, 0.6) is 0 Å². The van der Waals surface area contributed by atoms with E-state index in [1.54, 1.807) is 7.05 Å². The average molecular weight is 409 g/mol. The lowest BCUT2D eigenvalue weighted by Crippen LogP contribution is -2.58. The van der Waals surface area contributed by atoms with Crippen molar-refractivity contribution in [3.8, 4) is 0 Å². The van der Waals surface area contributed by atoms with Gasteiger partial charge in [-0.2, -0.15) is 32.7 Å². The van der Waals surface area contributed by atoms with Crippen LogP contribution < -0.4 is 0 Å². The van der Waals surface area contributed by atoms with Crippen molar-refractivity contribution >= 4 is 22.1 Å². The van der Waals surface area contributed by atoms with E-state index in [1.165, 1.54) is 10.9 Å². The van der Waals surface area contributed by atoms with E-state index >= 15 is 0 Å². The number of hydrogen-bond acceptors (Lipinski definition) is 6. The van der Waals surface area contributed by atoms with E-state index in [2.05, 4.69) is 10.2 Å². The molecule has 0 aliphatic carbocycles. The lowest BCUT2D eigenvalue weighted by atomic mass is 9.97. The summed E-state index contributed by atoms with van der Waals surface area (Å²) in [4.78, 5) is 12.5. The molecule has 9 nitrogen and oxygen atoms in total. The van der Waals surface area contributed by atoms with Gasteiger partial charge in [0.05, 0.1) is 12.1 Å². The van der Waals surface area contributed by atoms with Gasteiger partial charge in [0.1, 0.15) is 4.90 Å². The molecule has 0 aromatic carbocycles. The number of halogens is 3. The summed E-state index contributed by atoms with van der Waals surface area (Å²) in [5.41, 5.74) is -3.41. The number of aliphatic hydroxyl groups is 1. The Hall–Kier alpha value is -1.99. The molecule has 0 bridgehead atoms. The maximum Gasteiger partial charge on any atom is 0.438 e. The second-order valence-electron chi connectivity index (χ2n) is 6.52. The molecule has 1 amide bonds. The van der Waals surface area contributed by atoms with Gasteiger partial charge in [-0.15, -0.1) is 0 Å². The predicted octanol–water partition coefficient (Wildman–Crippen LogP) is 0.290. The van der Waals surface area contributed by atoms with Crippen LogP contribution in [0.3, 0.4) is 0 Å². The van der Waals surface area contributed by atoms with E-state index in [0.29, 0.717) is 0 Å². The van der Waals surface area contributed by atoms with Gasteiger partial charge in [-0.25, -0.2) is 8.42 Å². The standard InChI is InChI=1S/C14H18F3N5O4S/c1-20-9-11(7-19-20)27(25,26)21-6-2-3-10(8-21)12(23)22-13(24,4-5-18-22)14(15,16)17/h5,7,9-10,24H,2-4,6,8H2,1H3/t10-,13+/m0/s1. The molecule has 3 heterocycles. The fourth-order valence-electron chi connectivity index (χ4n) is 3.12. The third-order valence-corrected chi connectivity index (χ3v) is 6.46. The molecule has 1 aromatic heterocycles. The van der Waals surface area contributed by atoms with Gasteiger partial charge in [-0.3, -0.25) is 9.48 Å². The van der Waals surface area contributed by atoms with Crippen LogP contribution in [0.4, 0.5) is 13.2 Å². The zero-order valence-corrected chi connectivity index (χ0v) is 15.1. The molecule has 13 heteroatoms. The quantitative estimate of drug-likeness (QED) is 0.772. The van der Waals surface area contributed by atoms with E-state index in [0.717, 1.165) is 16.7 Å². The summed E-state index contributed by atoms with van der Waals surface area (Å²) < 4.78 is 67.2. The van der Waals surface area contributed by atoms with E-state index in [-0.39, 0.29) is 35.8 Å². The largest absolute Gasteiger partial charge is 0.438 e. The van der Waals surface area contributed by atoms with Gasteiger partial charge >= 0.3 is 6.18 Å². The normalized spacial score (nSPS) is 27.3. The molecule has 0 spiro atoms. The molecular weight excluding hydrogens is 391 g/mol. The first kappa shape index (κ1) is 19.8. The van der Waals surface area contributed by atoms with Crippen LogP contribution >= 0.6 is 0 Å². The summed E-state index contributed by atoms with van der Waals surface area (Å²) in [6, 6.07) is 0. The zero-order valence-electron chi connectivity index (χ0n) is 14.3. The van der Waals surface area contributed by atoms with E-state index in [4.69, 9.17) is 0 Å². The smallest absolute Gasteiger partial charge is 0.362 e. The summed E-state index contributed by atoms with van der Waals surface area (Å²) in [6.45, 7) is -0.163. The minimum atomic E-state index is -5.09. The molecule has 2 aliphatic heterocycles. The number of piperidine rings is 1.